The van der Waals surface area contributed by atoms with Gasteiger partial charge in [0.05, 0.1) is 17.0 Å². The summed E-state index contributed by atoms with van der Waals surface area (Å²) in [5, 5.41) is 1.98. The minimum atomic E-state index is 0.0179. The molecule has 3 heterocycles. The zero-order valence-electron chi connectivity index (χ0n) is 15.2. The molecule has 1 aliphatic rings. The number of rotatable bonds is 6. The standard InChI is InChI=1S/C20H20N2O4S/c1-3-22(11-14-6-7-16-17(9-14)25-12-24-16)19(23)10-15-13(2)26-20(21-15)18-5-4-8-27-18/h4-9H,3,10-12H2,1-2H3. The summed E-state index contributed by atoms with van der Waals surface area (Å²) in [6, 6.07) is 9.67. The average molecular weight is 384 g/mol. The number of hydrogen-bond acceptors (Lipinski definition) is 6. The van der Waals surface area contributed by atoms with Gasteiger partial charge in [-0.05, 0) is 43.0 Å². The Morgan fingerprint density at radius 1 is 1.26 bits per heavy atom. The number of ether oxygens (including phenoxy) is 2. The molecule has 3 aromatic rings. The molecule has 0 radical (unpaired) electrons. The number of oxazole rings is 1. The van der Waals surface area contributed by atoms with E-state index >= 15 is 0 Å². The SMILES string of the molecule is CCN(Cc1ccc2c(c1)OCO2)C(=O)Cc1nc(-c2cccs2)oc1C. The molecular formula is C20H20N2O4S. The molecule has 0 N–H and O–H groups in total. The van der Waals surface area contributed by atoms with Gasteiger partial charge in [0.2, 0.25) is 18.6 Å². The number of amides is 1. The minimum absolute atomic E-state index is 0.0179. The van der Waals surface area contributed by atoms with E-state index in [4.69, 9.17) is 13.9 Å². The van der Waals surface area contributed by atoms with Crippen molar-refractivity contribution in [2.75, 3.05) is 13.3 Å². The van der Waals surface area contributed by atoms with Crippen molar-refractivity contribution < 1.29 is 18.7 Å². The van der Waals surface area contributed by atoms with Crippen LogP contribution < -0.4 is 9.47 Å². The fourth-order valence-electron chi connectivity index (χ4n) is 2.99. The second kappa shape index (κ2) is 7.44. The molecule has 0 atom stereocenters. The van der Waals surface area contributed by atoms with Crippen molar-refractivity contribution in [3.63, 3.8) is 0 Å². The smallest absolute Gasteiger partial charge is 0.236 e. The molecule has 0 saturated heterocycles. The van der Waals surface area contributed by atoms with Crippen LogP contribution in [0.15, 0.2) is 40.1 Å². The molecule has 0 spiro atoms. The van der Waals surface area contributed by atoms with Crippen LogP contribution in [0.25, 0.3) is 10.8 Å². The number of thiophene rings is 1. The number of nitrogens with zero attached hydrogens (tertiary/aromatic N) is 2. The zero-order chi connectivity index (χ0) is 18.8. The third-order valence-electron chi connectivity index (χ3n) is 4.49. The zero-order valence-corrected chi connectivity index (χ0v) is 16.0. The van der Waals surface area contributed by atoms with Crippen molar-refractivity contribution in [3.8, 4) is 22.3 Å². The molecule has 2 aromatic heterocycles. The third kappa shape index (κ3) is 3.68. The van der Waals surface area contributed by atoms with Gasteiger partial charge >= 0.3 is 0 Å². The summed E-state index contributed by atoms with van der Waals surface area (Å²) in [6.07, 6.45) is 0.221. The van der Waals surface area contributed by atoms with Gasteiger partial charge in [0.1, 0.15) is 5.76 Å². The first-order valence-corrected chi connectivity index (χ1v) is 9.68. The maximum absolute atomic E-state index is 12.8. The number of aromatic nitrogens is 1. The second-order valence-corrected chi connectivity index (χ2v) is 7.22. The van der Waals surface area contributed by atoms with E-state index < -0.39 is 0 Å². The lowest BCUT2D eigenvalue weighted by molar-refractivity contribution is -0.130. The highest BCUT2D eigenvalue weighted by Crippen LogP contribution is 2.33. The molecule has 1 amide bonds. The predicted octanol–water partition coefficient (Wildman–Crippen LogP) is 4.03. The molecule has 0 fully saturated rings. The van der Waals surface area contributed by atoms with Crippen molar-refractivity contribution in [3.05, 3.63) is 52.7 Å². The van der Waals surface area contributed by atoms with Gasteiger partial charge in [0.25, 0.3) is 0 Å². The Morgan fingerprint density at radius 2 is 2.11 bits per heavy atom. The maximum Gasteiger partial charge on any atom is 0.236 e. The molecule has 0 saturated carbocycles. The fourth-order valence-corrected chi connectivity index (χ4v) is 3.64. The number of fused-ring (bicyclic) bond motifs is 1. The number of hydrogen-bond donors (Lipinski definition) is 0. The van der Waals surface area contributed by atoms with E-state index in [9.17, 15) is 4.79 Å². The van der Waals surface area contributed by atoms with Crippen LogP contribution >= 0.6 is 11.3 Å². The van der Waals surface area contributed by atoms with Gasteiger partial charge in [0, 0.05) is 13.1 Å². The number of likely N-dealkylation sites (N-methyl/N-ethyl adjacent to an activating group) is 1. The molecule has 1 aliphatic heterocycles. The average Bonchev–Trinajstić information content (AvgIpc) is 3.40. The van der Waals surface area contributed by atoms with Crippen LogP contribution in [-0.2, 0) is 17.8 Å². The van der Waals surface area contributed by atoms with Gasteiger partial charge in [-0.1, -0.05) is 12.1 Å². The lowest BCUT2D eigenvalue weighted by Gasteiger charge is -2.21. The summed E-state index contributed by atoms with van der Waals surface area (Å²) >= 11 is 1.57. The molecule has 0 aliphatic carbocycles. The Hall–Kier alpha value is -2.80. The van der Waals surface area contributed by atoms with Gasteiger partial charge in [-0.25, -0.2) is 4.98 Å². The topological polar surface area (TPSA) is 64.8 Å². The monoisotopic (exact) mass is 384 g/mol. The first-order chi connectivity index (χ1) is 13.1. The van der Waals surface area contributed by atoms with Crippen molar-refractivity contribution in [1.82, 2.24) is 9.88 Å². The molecule has 27 heavy (non-hydrogen) atoms. The lowest BCUT2D eigenvalue weighted by atomic mass is 10.1. The van der Waals surface area contributed by atoms with Crippen LogP contribution in [0, 0.1) is 6.92 Å². The van der Waals surface area contributed by atoms with Crippen LogP contribution in [0.3, 0.4) is 0 Å². The molecule has 4 rings (SSSR count). The molecular weight excluding hydrogens is 364 g/mol. The van der Waals surface area contributed by atoms with E-state index in [1.54, 1.807) is 16.2 Å². The summed E-state index contributed by atoms with van der Waals surface area (Å²) in [5.41, 5.74) is 1.69. The quantitative estimate of drug-likeness (QED) is 0.642. The van der Waals surface area contributed by atoms with Crippen molar-refractivity contribution in [1.29, 1.82) is 0 Å². The van der Waals surface area contributed by atoms with Crippen LogP contribution in [0.5, 0.6) is 11.5 Å². The molecule has 140 valence electrons. The van der Waals surface area contributed by atoms with E-state index in [0.29, 0.717) is 30.4 Å². The molecule has 7 heteroatoms. The van der Waals surface area contributed by atoms with E-state index in [1.807, 2.05) is 49.6 Å². The first-order valence-electron chi connectivity index (χ1n) is 8.80. The Kier molecular flexibility index (Phi) is 4.85. The number of aryl methyl sites for hydroxylation is 1. The lowest BCUT2D eigenvalue weighted by Crippen LogP contribution is -2.31. The van der Waals surface area contributed by atoms with Gasteiger partial charge in [0.15, 0.2) is 11.5 Å². The molecule has 0 unspecified atom stereocenters. The molecule has 6 nitrogen and oxygen atoms in total. The van der Waals surface area contributed by atoms with E-state index in [0.717, 1.165) is 21.9 Å². The third-order valence-corrected chi connectivity index (χ3v) is 5.35. The summed E-state index contributed by atoms with van der Waals surface area (Å²) in [4.78, 5) is 20.1. The van der Waals surface area contributed by atoms with Crippen molar-refractivity contribution in [2.24, 2.45) is 0 Å². The predicted molar refractivity (Wildman–Crippen MR) is 102 cm³/mol. The molecule has 1 aromatic carbocycles. The Bertz CT molecular complexity index is 949. The van der Waals surface area contributed by atoms with E-state index in [2.05, 4.69) is 4.98 Å². The summed E-state index contributed by atoms with van der Waals surface area (Å²) in [5.74, 6) is 2.75. The van der Waals surface area contributed by atoms with Crippen LogP contribution in [0.2, 0.25) is 0 Å². The minimum Gasteiger partial charge on any atom is -0.454 e. The highest BCUT2D eigenvalue weighted by atomic mass is 32.1. The fraction of sp³-hybridized carbons (Fsp3) is 0.300. The van der Waals surface area contributed by atoms with Crippen LogP contribution in [-0.4, -0.2) is 29.1 Å². The van der Waals surface area contributed by atoms with Gasteiger partial charge in [-0.3, -0.25) is 4.79 Å². The largest absolute Gasteiger partial charge is 0.454 e. The van der Waals surface area contributed by atoms with Crippen LogP contribution in [0.4, 0.5) is 0 Å². The molecule has 0 bridgehead atoms. The Balaban J connectivity index is 1.46. The van der Waals surface area contributed by atoms with Crippen molar-refractivity contribution >= 4 is 17.2 Å². The summed E-state index contributed by atoms with van der Waals surface area (Å²) in [7, 11) is 0. The summed E-state index contributed by atoms with van der Waals surface area (Å²) < 4.78 is 16.5. The van der Waals surface area contributed by atoms with E-state index in [1.165, 1.54) is 0 Å². The highest BCUT2D eigenvalue weighted by molar-refractivity contribution is 7.13. The normalized spacial score (nSPS) is 12.4. The number of benzene rings is 1. The van der Waals surface area contributed by atoms with E-state index in [-0.39, 0.29) is 19.1 Å². The van der Waals surface area contributed by atoms with Gasteiger partial charge in [-0.15, -0.1) is 11.3 Å². The number of carbonyl (C=O) groups excluding carboxylic acids is 1. The second-order valence-electron chi connectivity index (χ2n) is 6.27. The van der Waals surface area contributed by atoms with Gasteiger partial charge < -0.3 is 18.8 Å². The van der Waals surface area contributed by atoms with Crippen molar-refractivity contribution in [2.45, 2.75) is 26.8 Å². The highest BCUT2D eigenvalue weighted by Gasteiger charge is 2.20. The summed E-state index contributed by atoms with van der Waals surface area (Å²) in [6.45, 7) is 5.19. The Labute approximate surface area is 161 Å². The first kappa shape index (κ1) is 17.6. The van der Waals surface area contributed by atoms with Crippen LogP contribution in [0.1, 0.15) is 23.9 Å². The number of carbonyl (C=O) groups is 1. The maximum atomic E-state index is 12.8. The Morgan fingerprint density at radius 3 is 2.89 bits per heavy atom. The van der Waals surface area contributed by atoms with Gasteiger partial charge in [-0.2, -0.15) is 0 Å².